The van der Waals surface area contributed by atoms with E-state index in [-0.39, 0.29) is 5.91 Å². The fourth-order valence-electron chi connectivity index (χ4n) is 0.848. The summed E-state index contributed by atoms with van der Waals surface area (Å²) in [5.41, 5.74) is 1.30. The Bertz CT molecular complexity index is 476. The molecule has 0 aromatic heterocycles. The van der Waals surface area contributed by atoms with Crippen LogP contribution < -0.4 is 5.32 Å². The molecule has 1 N–H and O–H groups in total. The molecule has 94 valence electrons. The minimum absolute atomic E-state index is 0.117. The molecule has 8 heteroatoms. The summed E-state index contributed by atoms with van der Waals surface area (Å²) in [4.78, 5) is 20.8. The summed E-state index contributed by atoms with van der Waals surface area (Å²) in [5.74, 6) is -0.117. The molecule has 0 saturated heterocycles. The second kappa shape index (κ2) is 7.26. The predicted octanol–water partition coefficient (Wildman–Crippen LogP) is 2.17. The second-order valence-corrected chi connectivity index (χ2v) is 6.47. The summed E-state index contributed by atoms with van der Waals surface area (Å²) in [6.07, 6.45) is 0.761. The van der Waals surface area contributed by atoms with Crippen LogP contribution in [0.25, 0.3) is 0 Å². The molecule has 0 spiro atoms. The summed E-state index contributed by atoms with van der Waals surface area (Å²) < 4.78 is 18.3. The summed E-state index contributed by atoms with van der Waals surface area (Å²) in [6.45, 7) is 1.44. The fourth-order valence-corrected chi connectivity index (χ4v) is 0.848. The highest BCUT2D eigenvalue weighted by atomic mass is 36.0. The number of hydrogen-bond acceptors (Lipinski definition) is 4. The number of amides is 1. The zero-order chi connectivity index (χ0) is 13.5. The first-order valence-electron chi connectivity index (χ1n) is 4.19. The number of carbonyl (C=O) groups excluding carboxylic acids is 2. The Balaban J connectivity index is 0.000000437. The third kappa shape index (κ3) is 11.2. The van der Waals surface area contributed by atoms with Gasteiger partial charge in [-0.05, 0) is 24.3 Å². The number of rotatable bonds is 2. The van der Waals surface area contributed by atoms with E-state index in [1.807, 2.05) is 0 Å². The largest absolute Gasteiger partial charge is 0.326 e. The fraction of sp³-hybridized carbons (Fsp3) is 0.111. The molecule has 17 heavy (non-hydrogen) atoms. The molecule has 0 radical (unpaired) electrons. The maximum absolute atomic E-state index is 10.6. The summed E-state index contributed by atoms with van der Waals surface area (Å²) in [5, 5.41) is 2.60. The van der Waals surface area contributed by atoms with E-state index in [9.17, 15) is 9.59 Å². The minimum atomic E-state index is -3.72. The molecule has 0 heterocycles. The maximum Gasteiger partial charge on any atom is 0.317 e. The lowest BCUT2D eigenvalue weighted by molar-refractivity contribution is -0.114. The molecule has 1 rings (SSSR count). The molecule has 1 amide bonds. The van der Waals surface area contributed by atoms with Gasteiger partial charge in [-0.1, -0.05) is 0 Å². The summed E-state index contributed by atoms with van der Waals surface area (Å²) >= 11 is 0. The van der Waals surface area contributed by atoms with Gasteiger partial charge in [0.25, 0.3) is 0 Å². The number of nitrogens with one attached hydrogen (secondary N) is 1. The van der Waals surface area contributed by atoms with E-state index in [0.717, 1.165) is 6.29 Å². The van der Waals surface area contributed by atoms with Crippen molar-refractivity contribution in [2.75, 3.05) is 5.32 Å². The lowest BCUT2D eigenvalue weighted by atomic mass is 10.2. The molecule has 0 saturated carbocycles. The van der Waals surface area contributed by atoms with Crippen molar-refractivity contribution in [3.05, 3.63) is 29.8 Å². The molecule has 0 bridgehead atoms. The molecule has 5 nitrogen and oxygen atoms in total. The molecule has 1 aromatic rings. The van der Waals surface area contributed by atoms with E-state index >= 15 is 0 Å². The minimum Gasteiger partial charge on any atom is -0.326 e. The maximum atomic E-state index is 10.6. The van der Waals surface area contributed by atoms with E-state index in [0.29, 0.717) is 11.3 Å². The highest BCUT2D eigenvalue weighted by Crippen LogP contribution is 2.07. The van der Waals surface area contributed by atoms with Crippen molar-refractivity contribution in [2.24, 2.45) is 0 Å². The standard InChI is InChI=1S/C9H9NO2.Cl2O2S/c1-7(12)10-9-4-2-8(6-11)3-5-9;1-5(2,3)4/h2-6H,1H3,(H,10,12);. The SMILES string of the molecule is CC(=O)Nc1ccc(C=O)cc1.O=S(=O)(Cl)Cl. The topological polar surface area (TPSA) is 80.3 Å². The van der Waals surface area contributed by atoms with Crippen molar-refractivity contribution in [1.29, 1.82) is 0 Å². The van der Waals surface area contributed by atoms with Crippen molar-refractivity contribution < 1.29 is 18.0 Å². The van der Waals surface area contributed by atoms with Gasteiger partial charge in [0.2, 0.25) is 5.91 Å². The monoisotopic (exact) mass is 297 g/mol. The molecule has 0 atom stereocenters. The highest BCUT2D eigenvalue weighted by molar-refractivity contribution is 8.31. The first-order chi connectivity index (χ1) is 7.72. The van der Waals surface area contributed by atoms with Gasteiger partial charge in [0.05, 0.1) is 0 Å². The number of anilines is 1. The lowest BCUT2D eigenvalue weighted by Gasteiger charge is -2.00. The van der Waals surface area contributed by atoms with Crippen LogP contribution in [0.1, 0.15) is 17.3 Å². The van der Waals surface area contributed by atoms with Crippen LogP contribution in [-0.4, -0.2) is 20.6 Å². The van der Waals surface area contributed by atoms with Crippen LogP contribution in [-0.2, 0) is 13.1 Å². The predicted molar refractivity (Wildman–Crippen MR) is 66.8 cm³/mol. The van der Waals surface area contributed by atoms with Crippen LogP contribution in [0.3, 0.4) is 0 Å². The van der Waals surface area contributed by atoms with E-state index in [1.165, 1.54) is 6.92 Å². The normalized spacial score (nSPS) is 9.82. The molecule has 0 aliphatic rings. The van der Waals surface area contributed by atoms with E-state index in [4.69, 9.17) is 8.42 Å². The number of aldehydes is 1. The lowest BCUT2D eigenvalue weighted by Crippen LogP contribution is -2.05. The number of halogens is 2. The molecular weight excluding hydrogens is 289 g/mol. The summed E-state index contributed by atoms with van der Waals surface area (Å²) in [6, 6.07) is 6.67. The van der Waals surface area contributed by atoms with E-state index in [2.05, 4.69) is 26.7 Å². The Kier molecular flexibility index (Phi) is 6.79. The molecule has 0 aliphatic carbocycles. The van der Waals surface area contributed by atoms with Crippen LogP contribution in [0.2, 0.25) is 0 Å². The zero-order valence-electron chi connectivity index (χ0n) is 8.68. The third-order valence-corrected chi connectivity index (χ3v) is 1.37. The molecule has 0 unspecified atom stereocenters. The molecule has 0 aliphatic heterocycles. The van der Waals surface area contributed by atoms with Gasteiger partial charge in [-0.15, -0.1) is 0 Å². The van der Waals surface area contributed by atoms with Gasteiger partial charge in [-0.3, -0.25) is 9.59 Å². The average Bonchev–Trinajstić information content (AvgIpc) is 2.15. The Labute approximate surface area is 108 Å². The van der Waals surface area contributed by atoms with Gasteiger partial charge in [-0.2, -0.15) is 8.42 Å². The second-order valence-electron chi connectivity index (χ2n) is 2.80. The van der Waals surface area contributed by atoms with Crippen molar-refractivity contribution >= 4 is 47.5 Å². The van der Waals surface area contributed by atoms with Crippen LogP contribution >= 0.6 is 21.4 Å². The van der Waals surface area contributed by atoms with Gasteiger partial charge in [0.15, 0.2) is 0 Å². The van der Waals surface area contributed by atoms with Crippen LogP contribution in [0.15, 0.2) is 24.3 Å². The highest BCUT2D eigenvalue weighted by Gasteiger charge is 1.94. The van der Waals surface area contributed by atoms with Gasteiger partial charge in [-0.25, -0.2) is 0 Å². The first-order valence-corrected chi connectivity index (χ1v) is 7.33. The van der Waals surface area contributed by atoms with Crippen LogP contribution in [0.5, 0.6) is 0 Å². The quantitative estimate of drug-likeness (QED) is 0.670. The van der Waals surface area contributed by atoms with Crippen molar-refractivity contribution in [3.63, 3.8) is 0 Å². The average molecular weight is 298 g/mol. The Hall–Kier alpha value is -1.11. The molecule has 1 aromatic carbocycles. The van der Waals surface area contributed by atoms with Gasteiger partial charge >= 0.3 is 8.26 Å². The summed E-state index contributed by atoms with van der Waals surface area (Å²) in [7, 11) is 4.81. The molecule has 0 fully saturated rings. The number of carbonyl (C=O) groups is 2. The van der Waals surface area contributed by atoms with Crippen LogP contribution in [0, 0.1) is 0 Å². The Morgan fingerprint density at radius 3 is 1.94 bits per heavy atom. The first kappa shape index (κ1) is 15.9. The van der Waals surface area contributed by atoms with Crippen molar-refractivity contribution in [1.82, 2.24) is 0 Å². The van der Waals surface area contributed by atoms with Crippen LogP contribution in [0.4, 0.5) is 5.69 Å². The Morgan fingerprint density at radius 2 is 1.65 bits per heavy atom. The van der Waals surface area contributed by atoms with Gasteiger partial charge in [0.1, 0.15) is 6.29 Å². The third-order valence-electron chi connectivity index (χ3n) is 1.37. The number of hydrogen-bond donors (Lipinski definition) is 1. The Morgan fingerprint density at radius 1 is 1.24 bits per heavy atom. The zero-order valence-corrected chi connectivity index (χ0v) is 11.0. The van der Waals surface area contributed by atoms with Crippen molar-refractivity contribution in [2.45, 2.75) is 6.92 Å². The smallest absolute Gasteiger partial charge is 0.317 e. The van der Waals surface area contributed by atoms with E-state index < -0.39 is 8.26 Å². The molecular formula is C9H9Cl2NO4S. The van der Waals surface area contributed by atoms with Crippen molar-refractivity contribution in [3.8, 4) is 0 Å². The van der Waals surface area contributed by atoms with Gasteiger partial charge < -0.3 is 5.32 Å². The number of benzene rings is 1. The van der Waals surface area contributed by atoms with E-state index in [1.54, 1.807) is 24.3 Å². The van der Waals surface area contributed by atoms with Gasteiger partial charge in [0, 0.05) is 39.5 Å².